The van der Waals surface area contributed by atoms with E-state index in [9.17, 15) is 9.50 Å². The second-order valence-electron chi connectivity index (χ2n) is 4.64. The molecule has 0 aliphatic heterocycles. The van der Waals surface area contributed by atoms with E-state index in [4.69, 9.17) is 17.3 Å². The van der Waals surface area contributed by atoms with E-state index >= 15 is 0 Å². The quantitative estimate of drug-likeness (QED) is 0.837. The molecule has 0 saturated heterocycles. The number of hydrogen-bond donors (Lipinski definition) is 2. The summed E-state index contributed by atoms with van der Waals surface area (Å²) in [4.78, 5) is 0. The fourth-order valence-corrected chi connectivity index (χ4v) is 2.53. The maximum atomic E-state index is 13.5. The molecular formula is C12H15ClFNO. The van der Waals surface area contributed by atoms with E-state index in [1.807, 2.05) is 0 Å². The minimum absolute atomic E-state index is 0.0206. The van der Waals surface area contributed by atoms with Crippen LogP contribution in [0.3, 0.4) is 0 Å². The molecule has 3 N–H and O–H groups in total. The zero-order valence-electron chi connectivity index (χ0n) is 8.92. The van der Waals surface area contributed by atoms with E-state index in [0.717, 1.165) is 6.42 Å². The molecule has 1 aliphatic rings. The van der Waals surface area contributed by atoms with Gasteiger partial charge < -0.3 is 10.8 Å². The number of aliphatic hydroxyl groups is 1. The van der Waals surface area contributed by atoms with Gasteiger partial charge in [-0.05, 0) is 43.0 Å². The van der Waals surface area contributed by atoms with Crippen LogP contribution < -0.4 is 5.73 Å². The van der Waals surface area contributed by atoms with Gasteiger partial charge >= 0.3 is 0 Å². The molecule has 2 nitrogen and oxygen atoms in total. The highest BCUT2D eigenvalue weighted by Gasteiger charge is 2.36. The molecule has 16 heavy (non-hydrogen) atoms. The first-order valence-corrected chi connectivity index (χ1v) is 5.78. The molecule has 1 fully saturated rings. The number of hydrogen-bond acceptors (Lipinski definition) is 2. The van der Waals surface area contributed by atoms with E-state index in [1.54, 1.807) is 6.07 Å². The average Bonchev–Trinajstić information content (AvgIpc) is 2.52. The Morgan fingerprint density at radius 3 is 2.94 bits per heavy atom. The fraction of sp³-hybridized carbons (Fsp3) is 0.500. The highest BCUT2D eigenvalue weighted by atomic mass is 35.5. The Morgan fingerprint density at radius 2 is 2.31 bits per heavy atom. The molecule has 1 aliphatic carbocycles. The summed E-state index contributed by atoms with van der Waals surface area (Å²) in [6, 6.07) is 4.42. The summed E-state index contributed by atoms with van der Waals surface area (Å²) in [5.41, 5.74) is 5.34. The van der Waals surface area contributed by atoms with Crippen molar-refractivity contribution in [1.82, 2.24) is 0 Å². The second-order valence-corrected chi connectivity index (χ2v) is 5.08. The van der Waals surface area contributed by atoms with Crippen LogP contribution in [0.1, 0.15) is 24.8 Å². The van der Waals surface area contributed by atoms with Crippen molar-refractivity contribution >= 4 is 11.6 Å². The zero-order chi connectivity index (χ0) is 11.8. The molecule has 0 heterocycles. The van der Waals surface area contributed by atoms with Gasteiger partial charge in [-0.25, -0.2) is 4.39 Å². The summed E-state index contributed by atoms with van der Waals surface area (Å²) >= 11 is 5.80. The number of benzene rings is 1. The SMILES string of the molecule is NC1CCC(O)(Cc2cc(Cl)ccc2F)C1. The van der Waals surface area contributed by atoms with Crippen molar-refractivity contribution in [2.45, 2.75) is 37.3 Å². The Labute approximate surface area is 99.2 Å². The van der Waals surface area contributed by atoms with Gasteiger partial charge in [-0.15, -0.1) is 0 Å². The standard InChI is InChI=1S/C12H15ClFNO/c13-9-1-2-11(14)8(5-9)6-12(16)4-3-10(15)7-12/h1-2,5,10,16H,3-4,6-7,15H2. The monoisotopic (exact) mass is 243 g/mol. The predicted molar refractivity (Wildman–Crippen MR) is 61.9 cm³/mol. The predicted octanol–water partition coefficient (Wildman–Crippen LogP) is 2.26. The van der Waals surface area contributed by atoms with Gasteiger partial charge in [0.05, 0.1) is 5.60 Å². The first kappa shape index (κ1) is 11.8. The van der Waals surface area contributed by atoms with Crippen molar-refractivity contribution < 1.29 is 9.50 Å². The molecular weight excluding hydrogens is 229 g/mol. The smallest absolute Gasteiger partial charge is 0.126 e. The third-order valence-electron chi connectivity index (χ3n) is 3.15. The lowest BCUT2D eigenvalue weighted by atomic mass is 9.92. The molecule has 0 aromatic heterocycles. The molecule has 2 atom stereocenters. The van der Waals surface area contributed by atoms with Crippen LogP contribution in [0.25, 0.3) is 0 Å². The van der Waals surface area contributed by atoms with Gasteiger partial charge in [-0.1, -0.05) is 11.6 Å². The summed E-state index contributed by atoms with van der Waals surface area (Å²) < 4.78 is 13.5. The lowest BCUT2D eigenvalue weighted by Gasteiger charge is -2.22. The molecule has 2 unspecified atom stereocenters. The summed E-state index contributed by atoms with van der Waals surface area (Å²) in [5, 5.41) is 10.7. The number of rotatable bonds is 2. The maximum absolute atomic E-state index is 13.5. The summed E-state index contributed by atoms with van der Waals surface area (Å²) in [6.07, 6.45) is 2.23. The van der Waals surface area contributed by atoms with Gasteiger partial charge in [0, 0.05) is 17.5 Å². The van der Waals surface area contributed by atoms with Gasteiger partial charge in [-0.3, -0.25) is 0 Å². The van der Waals surface area contributed by atoms with Crippen LogP contribution in [0.5, 0.6) is 0 Å². The topological polar surface area (TPSA) is 46.2 Å². The van der Waals surface area contributed by atoms with Crippen LogP contribution in [0, 0.1) is 5.82 Å². The third-order valence-corrected chi connectivity index (χ3v) is 3.39. The number of nitrogens with two attached hydrogens (primary N) is 1. The van der Waals surface area contributed by atoms with Crippen molar-refractivity contribution in [3.05, 3.63) is 34.6 Å². The van der Waals surface area contributed by atoms with Gasteiger partial charge in [0.25, 0.3) is 0 Å². The third kappa shape index (κ3) is 2.54. The minimum Gasteiger partial charge on any atom is -0.389 e. The number of halogens is 2. The molecule has 88 valence electrons. The minimum atomic E-state index is -0.870. The molecule has 0 radical (unpaired) electrons. The van der Waals surface area contributed by atoms with E-state index in [-0.39, 0.29) is 18.3 Å². The first-order chi connectivity index (χ1) is 7.48. The Balaban J connectivity index is 2.17. The molecule has 0 spiro atoms. The normalized spacial score (nSPS) is 29.6. The molecule has 1 aromatic carbocycles. The summed E-state index contributed by atoms with van der Waals surface area (Å²) in [7, 11) is 0. The van der Waals surface area contributed by atoms with Crippen LogP contribution in [-0.2, 0) is 6.42 Å². The summed E-state index contributed by atoms with van der Waals surface area (Å²) in [5.74, 6) is -0.321. The van der Waals surface area contributed by atoms with Crippen LogP contribution >= 0.6 is 11.6 Å². The second kappa shape index (κ2) is 4.32. The van der Waals surface area contributed by atoms with Crippen molar-refractivity contribution in [3.8, 4) is 0 Å². The maximum Gasteiger partial charge on any atom is 0.126 e. The molecule has 2 rings (SSSR count). The highest BCUT2D eigenvalue weighted by Crippen LogP contribution is 2.33. The fourth-order valence-electron chi connectivity index (χ4n) is 2.34. The van der Waals surface area contributed by atoms with Gasteiger partial charge in [0.1, 0.15) is 5.82 Å². The Morgan fingerprint density at radius 1 is 1.56 bits per heavy atom. The van der Waals surface area contributed by atoms with Gasteiger partial charge in [0.2, 0.25) is 0 Å². The van der Waals surface area contributed by atoms with Gasteiger partial charge in [-0.2, -0.15) is 0 Å². The van der Waals surface area contributed by atoms with Crippen molar-refractivity contribution in [2.24, 2.45) is 5.73 Å². The molecule has 4 heteroatoms. The van der Waals surface area contributed by atoms with E-state index in [2.05, 4.69) is 0 Å². The van der Waals surface area contributed by atoms with Crippen LogP contribution in [-0.4, -0.2) is 16.7 Å². The lowest BCUT2D eigenvalue weighted by molar-refractivity contribution is 0.0460. The molecule has 1 aromatic rings. The lowest BCUT2D eigenvalue weighted by Crippen LogP contribution is -2.30. The van der Waals surface area contributed by atoms with Crippen molar-refractivity contribution in [2.75, 3.05) is 0 Å². The van der Waals surface area contributed by atoms with Crippen LogP contribution in [0.4, 0.5) is 4.39 Å². The van der Waals surface area contributed by atoms with Crippen LogP contribution in [0.15, 0.2) is 18.2 Å². The highest BCUT2D eigenvalue weighted by molar-refractivity contribution is 6.30. The molecule has 0 bridgehead atoms. The first-order valence-electron chi connectivity index (χ1n) is 5.40. The van der Waals surface area contributed by atoms with Crippen molar-refractivity contribution in [1.29, 1.82) is 0 Å². The molecule has 1 saturated carbocycles. The Bertz CT molecular complexity index is 399. The Hall–Kier alpha value is -0.640. The summed E-state index contributed by atoms with van der Waals surface area (Å²) in [6.45, 7) is 0. The van der Waals surface area contributed by atoms with E-state index < -0.39 is 5.60 Å². The Kier molecular flexibility index (Phi) is 3.19. The molecule has 0 amide bonds. The van der Waals surface area contributed by atoms with Gasteiger partial charge in [0.15, 0.2) is 0 Å². The van der Waals surface area contributed by atoms with Crippen molar-refractivity contribution in [3.63, 3.8) is 0 Å². The largest absolute Gasteiger partial charge is 0.389 e. The zero-order valence-corrected chi connectivity index (χ0v) is 9.67. The van der Waals surface area contributed by atoms with Crippen LogP contribution in [0.2, 0.25) is 5.02 Å². The van der Waals surface area contributed by atoms with E-state index in [1.165, 1.54) is 12.1 Å². The average molecular weight is 244 g/mol. The van der Waals surface area contributed by atoms with E-state index in [0.29, 0.717) is 23.4 Å².